The van der Waals surface area contributed by atoms with Crippen molar-refractivity contribution in [2.75, 3.05) is 12.4 Å². The van der Waals surface area contributed by atoms with Gasteiger partial charge >= 0.3 is 0 Å². The fourth-order valence-corrected chi connectivity index (χ4v) is 5.26. The third-order valence-electron chi connectivity index (χ3n) is 5.09. The number of fused-ring (bicyclic) bond motifs is 1. The molecular formula is C21H22N4O3S2. The van der Waals surface area contributed by atoms with Crippen LogP contribution in [0.1, 0.15) is 55.4 Å². The van der Waals surface area contributed by atoms with E-state index in [2.05, 4.69) is 19.4 Å². The first-order chi connectivity index (χ1) is 14.6. The number of carbonyl (C=O) groups is 2. The molecule has 0 bridgehead atoms. The summed E-state index contributed by atoms with van der Waals surface area (Å²) >= 11 is 2.67. The van der Waals surface area contributed by atoms with E-state index in [1.807, 2.05) is 6.92 Å². The molecule has 1 aromatic carbocycles. The molecular weight excluding hydrogens is 420 g/mol. The lowest BCUT2D eigenvalue weighted by Crippen LogP contribution is -2.22. The van der Waals surface area contributed by atoms with Gasteiger partial charge in [0.15, 0.2) is 0 Å². The quantitative estimate of drug-likeness (QED) is 0.602. The minimum atomic E-state index is -0.246. The average Bonchev–Trinajstić information content (AvgIpc) is 3.34. The molecule has 7 nitrogen and oxygen atoms in total. The highest BCUT2D eigenvalue weighted by atomic mass is 32.1. The molecule has 0 atom stereocenters. The Morgan fingerprint density at radius 2 is 1.87 bits per heavy atom. The molecule has 9 heteroatoms. The molecule has 0 saturated carbocycles. The second kappa shape index (κ2) is 8.93. The van der Waals surface area contributed by atoms with E-state index in [0.717, 1.165) is 54.4 Å². The van der Waals surface area contributed by atoms with Gasteiger partial charge in [0.05, 0.1) is 23.0 Å². The Labute approximate surface area is 182 Å². The molecule has 0 spiro atoms. The number of nitrogens with zero attached hydrogens (tertiary/aromatic N) is 2. The fourth-order valence-electron chi connectivity index (χ4n) is 3.43. The van der Waals surface area contributed by atoms with Gasteiger partial charge in [-0.2, -0.15) is 8.75 Å². The van der Waals surface area contributed by atoms with Crippen molar-refractivity contribution in [1.82, 2.24) is 14.1 Å². The van der Waals surface area contributed by atoms with Crippen LogP contribution in [0.4, 0.5) is 5.00 Å². The molecule has 156 valence electrons. The number of nitrogens with one attached hydrogen (secondary N) is 2. The number of carbonyl (C=O) groups excluding carboxylic acids is 2. The molecule has 0 aliphatic heterocycles. The summed E-state index contributed by atoms with van der Waals surface area (Å²) < 4.78 is 14.0. The Morgan fingerprint density at radius 3 is 2.57 bits per heavy atom. The number of aromatic nitrogens is 2. The van der Waals surface area contributed by atoms with Gasteiger partial charge in [-0.15, -0.1) is 11.3 Å². The molecule has 0 fully saturated rings. The Hall–Kier alpha value is -2.78. The topological polar surface area (TPSA) is 93.2 Å². The third kappa shape index (κ3) is 4.22. The Morgan fingerprint density at radius 1 is 1.10 bits per heavy atom. The van der Waals surface area contributed by atoms with Gasteiger partial charge in [-0.1, -0.05) is 0 Å². The lowest BCUT2D eigenvalue weighted by molar-refractivity contribution is 0.0963. The number of anilines is 1. The highest BCUT2D eigenvalue weighted by molar-refractivity contribution is 7.17. The Kier molecular flexibility index (Phi) is 6.10. The van der Waals surface area contributed by atoms with Crippen LogP contribution in [0.3, 0.4) is 0 Å². The molecule has 1 aliphatic rings. The molecule has 2 N–H and O–H groups in total. The summed E-state index contributed by atoms with van der Waals surface area (Å²) in [6.45, 7) is 2.23. The highest BCUT2D eigenvalue weighted by Gasteiger charge is 2.26. The standard InChI is InChI=1S/C21H22N4O3S2/c1-12-16(25-30-24-12)11-28-14-9-7-13(8-10-14)19(26)23-21-18(20(27)22-2)15-5-3-4-6-17(15)29-21/h7-10H,3-6,11H2,1-2H3,(H,22,27)(H,23,26). The van der Waals surface area contributed by atoms with Gasteiger partial charge in [0.25, 0.3) is 11.8 Å². The predicted octanol–water partition coefficient (Wildman–Crippen LogP) is 3.98. The summed E-state index contributed by atoms with van der Waals surface area (Å²) in [5.74, 6) is 0.252. The summed E-state index contributed by atoms with van der Waals surface area (Å²) in [5.41, 5.74) is 3.86. The maximum absolute atomic E-state index is 12.8. The summed E-state index contributed by atoms with van der Waals surface area (Å²) in [4.78, 5) is 26.4. The molecule has 3 aromatic rings. The first-order valence-corrected chi connectivity index (χ1v) is 11.3. The van der Waals surface area contributed by atoms with Crippen molar-refractivity contribution in [3.8, 4) is 5.75 Å². The minimum absolute atomic E-state index is 0.153. The van der Waals surface area contributed by atoms with E-state index in [1.165, 1.54) is 16.2 Å². The monoisotopic (exact) mass is 442 g/mol. The first-order valence-electron chi connectivity index (χ1n) is 9.75. The maximum atomic E-state index is 12.8. The van der Waals surface area contributed by atoms with Gasteiger partial charge in [0.1, 0.15) is 23.1 Å². The van der Waals surface area contributed by atoms with Crippen LogP contribution < -0.4 is 15.4 Å². The molecule has 0 saturated heterocycles. The molecule has 30 heavy (non-hydrogen) atoms. The molecule has 2 amide bonds. The zero-order chi connectivity index (χ0) is 21.1. The molecule has 0 unspecified atom stereocenters. The second-order valence-electron chi connectivity index (χ2n) is 7.06. The zero-order valence-electron chi connectivity index (χ0n) is 16.8. The van der Waals surface area contributed by atoms with E-state index >= 15 is 0 Å². The molecule has 1 aliphatic carbocycles. The normalized spacial score (nSPS) is 12.9. The second-order valence-corrected chi connectivity index (χ2v) is 8.69. The van der Waals surface area contributed by atoms with E-state index in [4.69, 9.17) is 4.74 Å². The number of amides is 2. The number of benzene rings is 1. The average molecular weight is 443 g/mol. The smallest absolute Gasteiger partial charge is 0.256 e. The predicted molar refractivity (Wildman–Crippen MR) is 118 cm³/mol. The summed E-state index contributed by atoms with van der Waals surface area (Å²) in [7, 11) is 1.61. The van der Waals surface area contributed by atoms with Crippen LogP contribution >= 0.6 is 23.1 Å². The maximum Gasteiger partial charge on any atom is 0.256 e. The van der Waals surface area contributed by atoms with Crippen LogP contribution in [0.5, 0.6) is 5.75 Å². The van der Waals surface area contributed by atoms with Crippen molar-refractivity contribution in [3.05, 3.63) is 57.2 Å². The number of ether oxygens (including phenoxy) is 1. The van der Waals surface area contributed by atoms with Crippen LogP contribution in [-0.2, 0) is 19.4 Å². The molecule has 2 aromatic heterocycles. The molecule has 0 radical (unpaired) electrons. The zero-order valence-corrected chi connectivity index (χ0v) is 18.4. The SMILES string of the molecule is CNC(=O)c1c(NC(=O)c2ccc(OCc3nsnc3C)cc2)sc2c1CCCC2. The van der Waals surface area contributed by atoms with Crippen molar-refractivity contribution in [1.29, 1.82) is 0 Å². The number of rotatable bonds is 6. The number of hydrogen-bond donors (Lipinski definition) is 2. The van der Waals surface area contributed by atoms with E-state index in [9.17, 15) is 9.59 Å². The minimum Gasteiger partial charge on any atom is -0.487 e. The van der Waals surface area contributed by atoms with Gasteiger partial charge in [0, 0.05) is 17.5 Å². The molecule has 4 rings (SSSR count). The van der Waals surface area contributed by atoms with Crippen LogP contribution in [0, 0.1) is 6.92 Å². The van der Waals surface area contributed by atoms with Gasteiger partial charge in [0.2, 0.25) is 0 Å². The van der Waals surface area contributed by atoms with Crippen LogP contribution in [0.25, 0.3) is 0 Å². The van der Waals surface area contributed by atoms with Gasteiger partial charge in [-0.05, 0) is 62.4 Å². The van der Waals surface area contributed by atoms with Crippen LogP contribution in [0.2, 0.25) is 0 Å². The van der Waals surface area contributed by atoms with Crippen molar-refractivity contribution in [3.63, 3.8) is 0 Å². The highest BCUT2D eigenvalue weighted by Crippen LogP contribution is 2.38. The van der Waals surface area contributed by atoms with Gasteiger partial charge in [-0.3, -0.25) is 9.59 Å². The van der Waals surface area contributed by atoms with E-state index < -0.39 is 0 Å². The third-order valence-corrected chi connectivity index (χ3v) is 6.96. The van der Waals surface area contributed by atoms with Gasteiger partial charge in [-0.25, -0.2) is 0 Å². The summed E-state index contributed by atoms with van der Waals surface area (Å²) in [6, 6.07) is 6.93. The Bertz CT molecular complexity index is 1070. The van der Waals surface area contributed by atoms with Crippen LogP contribution in [0.15, 0.2) is 24.3 Å². The number of thiophene rings is 1. The summed E-state index contributed by atoms with van der Waals surface area (Å²) in [5, 5.41) is 6.26. The van der Waals surface area contributed by atoms with Crippen molar-refractivity contribution in [2.45, 2.75) is 39.2 Å². The van der Waals surface area contributed by atoms with Crippen LogP contribution in [-0.4, -0.2) is 27.6 Å². The lowest BCUT2D eigenvalue weighted by Gasteiger charge is -2.12. The lowest BCUT2D eigenvalue weighted by atomic mass is 9.95. The van der Waals surface area contributed by atoms with Crippen molar-refractivity contribution >= 4 is 39.9 Å². The van der Waals surface area contributed by atoms with Crippen molar-refractivity contribution in [2.24, 2.45) is 0 Å². The van der Waals surface area contributed by atoms with Gasteiger partial charge < -0.3 is 15.4 Å². The Balaban J connectivity index is 1.47. The first kappa shape index (κ1) is 20.5. The van der Waals surface area contributed by atoms with Crippen molar-refractivity contribution < 1.29 is 14.3 Å². The fraction of sp³-hybridized carbons (Fsp3) is 0.333. The number of hydrogen-bond acceptors (Lipinski definition) is 7. The molecule has 2 heterocycles. The van der Waals surface area contributed by atoms with E-state index in [0.29, 0.717) is 28.5 Å². The largest absolute Gasteiger partial charge is 0.487 e. The number of aryl methyl sites for hydroxylation is 2. The van der Waals surface area contributed by atoms with E-state index in [-0.39, 0.29) is 11.8 Å². The van der Waals surface area contributed by atoms with E-state index in [1.54, 1.807) is 31.3 Å². The summed E-state index contributed by atoms with van der Waals surface area (Å²) in [6.07, 6.45) is 4.02.